The highest BCUT2D eigenvalue weighted by atomic mass is 15.2. The molecule has 0 amide bonds. The fourth-order valence-corrected chi connectivity index (χ4v) is 4.77. The lowest BCUT2D eigenvalue weighted by atomic mass is 9.62. The van der Waals surface area contributed by atoms with Gasteiger partial charge in [0.05, 0.1) is 0 Å². The summed E-state index contributed by atoms with van der Waals surface area (Å²) in [6, 6.07) is 0.767. The van der Waals surface area contributed by atoms with Crippen LogP contribution in [-0.2, 0) is 0 Å². The van der Waals surface area contributed by atoms with Gasteiger partial charge in [-0.15, -0.1) is 0 Å². The molecule has 2 saturated carbocycles. The number of fused-ring (bicyclic) bond motifs is 3. The first-order valence-corrected chi connectivity index (χ1v) is 7.49. The Morgan fingerprint density at radius 1 is 0.812 bits per heavy atom. The van der Waals surface area contributed by atoms with Crippen LogP contribution in [0, 0.1) is 23.7 Å². The van der Waals surface area contributed by atoms with E-state index in [9.17, 15) is 0 Å². The predicted molar refractivity (Wildman–Crippen MR) is 68.4 cm³/mol. The number of rotatable bonds is 1. The number of hydrogen-bond donors (Lipinski definition) is 0. The SMILES string of the molecule is CC(C)N1CC2CCC(C1)C1CCCCC21. The van der Waals surface area contributed by atoms with Gasteiger partial charge in [0.25, 0.3) is 0 Å². The van der Waals surface area contributed by atoms with Crippen molar-refractivity contribution in [2.75, 3.05) is 13.1 Å². The summed E-state index contributed by atoms with van der Waals surface area (Å²) in [5.74, 6) is 4.31. The van der Waals surface area contributed by atoms with Crippen molar-refractivity contribution < 1.29 is 0 Å². The van der Waals surface area contributed by atoms with E-state index in [0.717, 1.165) is 29.7 Å². The first-order valence-electron chi connectivity index (χ1n) is 7.49. The second-order valence-corrected chi connectivity index (χ2v) is 6.76. The molecule has 4 unspecified atom stereocenters. The summed E-state index contributed by atoms with van der Waals surface area (Å²) in [5, 5.41) is 0. The summed E-state index contributed by atoms with van der Waals surface area (Å²) >= 11 is 0. The third kappa shape index (κ3) is 1.81. The van der Waals surface area contributed by atoms with Crippen LogP contribution in [0.4, 0.5) is 0 Å². The molecule has 0 aromatic rings. The van der Waals surface area contributed by atoms with E-state index in [0.29, 0.717) is 0 Å². The van der Waals surface area contributed by atoms with Gasteiger partial charge < -0.3 is 4.90 Å². The summed E-state index contributed by atoms with van der Waals surface area (Å²) in [7, 11) is 0. The molecule has 1 heteroatoms. The molecule has 1 nitrogen and oxygen atoms in total. The summed E-state index contributed by atoms with van der Waals surface area (Å²) in [6.45, 7) is 7.59. The van der Waals surface area contributed by atoms with Crippen molar-refractivity contribution in [3.8, 4) is 0 Å². The molecule has 0 spiro atoms. The minimum Gasteiger partial charge on any atom is -0.300 e. The molecule has 4 aliphatic rings. The normalized spacial score (nSPS) is 44.4. The topological polar surface area (TPSA) is 3.24 Å². The average Bonchev–Trinajstić information content (AvgIpc) is 2.60. The molecule has 0 aromatic carbocycles. The van der Waals surface area contributed by atoms with E-state index in [-0.39, 0.29) is 0 Å². The van der Waals surface area contributed by atoms with Gasteiger partial charge in [0.2, 0.25) is 0 Å². The van der Waals surface area contributed by atoms with Crippen molar-refractivity contribution in [1.29, 1.82) is 0 Å². The average molecular weight is 221 g/mol. The second kappa shape index (κ2) is 4.33. The summed E-state index contributed by atoms with van der Waals surface area (Å²) in [5.41, 5.74) is 0. The van der Waals surface area contributed by atoms with Gasteiger partial charge >= 0.3 is 0 Å². The van der Waals surface area contributed by atoms with Crippen LogP contribution in [0.2, 0.25) is 0 Å². The Hall–Kier alpha value is -0.0400. The van der Waals surface area contributed by atoms with Crippen LogP contribution < -0.4 is 0 Å². The smallest absolute Gasteiger partial charge is 0.00388 e. The maximum atomic E-state index is 2.78. The molecule has 4 atom stereocenters. The molecule has 4 rings (SSSR count). The Labute approximate surface area is 101 Å². The molecule has 2 saturated heterocycles. The third-order valence-corrected chi connectivity index (χ3v) is 5.66. The summed E-state index contributed by atoms with van der Waals surface area (Å²) < 4.78 is 0. The van der Waals surface area contributed by atoms with Gasteiger partial charge in [-0.2, -0.15) is 0 Å². The molecular formula is C15H27N. The lowest BCUT2D eigenvalue weighted by Crippen LogP contribution is -2.36. The van der Waals surface area contributed by atoms with Crippen LogP contribution in [0.5, 0.6) is 0 Å². The van der Waals surface area contributed by atoms with Gasteiger partial charge in [-0.3, -0.25) is 0 Å². The quantitative estimate of drug-likeness (QED) is 0.654. The van der Waals surface area contributed by atoms with E-state index in [1.165, 1.54) is 38.8 Å². The Bertz CT molecular complexity index is 226. The molecule has 92 valence electrons. The van der Waals surface area contributed by atoms with Gasteiger partial charge in [-0.05, 0) is 63.2 Å². The molecule has 0 radical (unpaired) electrons. The first kappa shape index (κ1) is 11.1. The zero-order valence-corrected chi connectivity index (χ0v) is 11.0. The number of hydrogen-bond acceptors (Lipinski definition) is 1. The lowest BCUT2D eigenvalue weighted by molar-refractivity contribution is 0.0766. The highest BCUT2D eigenvalue weighted by molar-refractivity contribution is 4.95. The van der Waals surface area contributed by atoms with E-state index >= 15 is 0 Å². The third-order valence-electron chi connectivity index (χ3n) is 5.66. The zero-order valence-electron chi connectivity index (χ0n) is 11.0. The largest absolute Gasteiger partial charge is 0.300 e. The maximum Gasteiger partial charge on any atom is 0.00388 e. The van der Waals surface area contributed by atoms with Crippen molar-refractivity contribution in [3.63, 3.8) is 0 Å². The van der Waals surface area contributed by atoms with Crippen LogP contribution in [0.25, 0.3) is 0 Å². The molecule has 0 N–H and O–H groups in total. The Kier molecular flexibility index (Phi) is 2.99. The fraction of sp³-hybridized carbons (Fsp3) is 1.00. The minimum absolute atomic E-state index is 0.767. The van der Waals surface area contributed by atoms with Crippen LogP contribution in [0.1, 0.15) is 52.4 Å². The summed E-state index contributed by atoms with van der Waals surface area (Å²) in [6.07, 6.45) is 9.22. The highest BCUT2D eigenvalue weighted by Gasteiger charge is 2.44. The molecule has 2 aliphatic carbocycles. The first-order chi connectivity index (χ1) is 7.75. The molecular weight excluding hydrogens is 194 g/mol. The molecule has 2 bridgehead atoms. The van der Waals surface area contributed by atoms with Crippen molar-refractivity contribution in [1.82, 2.24) is 4.90 Å². The van der Waals surface area contributed by atoms with Crippen LogP contribution in [0.15, 0.2) is 0 Å². The van der Waals surface area contributed by atoms with Gasteiger partial charge in [0.1, 0.15) is 0 Å². The standard InChI is InChI=1S/C15H27N/c1-11(2)16-9-12-7-8-13(10-16)15-6-4-3-5-14(12)15/h11-15H,3-10H2,1-2H3. The van der Waals surface area contributed by atoms with Crippen molar-refractivity contribution >= 4 is 0 Å². The number of nitrogens with zero attached hydrogens (tertiary/aromatic N) is 1. The fourth-order valence-electron chi connectivity index (χ4n) is 4.77. The van der Waals surface area contributed by atoms with Crippen LogP contribution in [0.3, 0.4) is 0 Å². The van der Waals surface area contributed by atoms with E-state index in [1.807, 2.05) is 0 Å². The highest BCUT2D eigenvalue weighted by Crippen LogP contribution is 2.49. The zero-order chi connectivity index (χ0) is 11.1. The Morgan fingerprint density at radius 2 is 1.31 bits per heavy atom. The van der Waals surface area contributed by atoms with E-state index < -0.39 is 0 Å². The van der Waals surface area contributed by atoms with Crippen LogP contribution in [-0.4, -0.2) is 24.0 Å². The predicted octanol–water partition coefficient (Wildman–Crippen LogP) is 3.54. The van der Waals surface area contributed by atoms with Gasteiger partial charge in [-0.25, -0.2) is 0 Å². The van der Waals surface area contributed by atoms with Gasteiger partial charge in [0, 0.05) is 19.1 Å². The molecule has 4 fully saturated rings. The maximum absolute atomic E-state index is 2.78. The van der Waals surface area contributed by atoms with Crippen molar-refractivity contribution in [2.24, 2.45) is 23.7 Å². The van der Waals surface area contributed by atoms with Crippen LogP contribution >= 0.6 is 0 Å². The Morgan fingerprint density at radius 3 is 1.75 bits per heavy atom. The molecule has 2 aliphatic heterocycles. The van der Waals surface area contributed by atoms with Gasteiger partial charge in [-0.1, -0.05) is 12.8 Å². The lowest BCUT2D eigenvalue weighted by Gasteiger charge is -2.43. The Balaban J connectivity index is 1.81. The second-order valence-electron chi connectivity index (χ2n) is 6.76. The molecule has 16 heavy (non-hydrogen) atoms. The minimum atomic E-state index is 0.767. The van der Waals surface area contributed by atoms with Crippen molar-refractivity contribution in [3.05, 3.63) is 0 Å². The summed E-state index contributed by atoms with van der Waals surface area (Å²) in [4.78, 5) is 2.78. The van der Waals surface area contributed by atoms with Crippen molar-refractivity contribution in [2.45, 2.75) is 58.4 Å². The molecule has 2 heterocycles. The van der Waals surface area contributed by atoms with E-state index in [2.05, 4.69) is 18.7 Å². The van der Waals surface area contributed by atoms with Gasteiger partial charge in [0.15, 0.2) is 0 Å². The van der Waals surface area contributed by atoms with E-state index in [4.69, 9.17) is 0 Å². The monoisotopic (exact) mass is 221 g/mol. The molecule has 0 aromatic heterocycles. The van der Waals surface area contributed by atoms with E-state index in [1.54, 1.807) is 12.8 Å².